The number of halogens is 1. The number of methoxy groups -OCH3 is 1. The first-order valence-electron chi connectivity index (χ1n) is 8.14. The highest BCUT2D eigenvalue weighted by Crippen LogP contribution is 2.39. The van der Waals surface area contributed by atoms with Crippen molar-refractivity contribution in [3.05, 3.63) is 88.2 Å². The molecule has 0 N–H and O–H groups in total. The Morgan fingerprint density at radius 2 is 1.62 bits per heavy atom. The largest absolute Gasteiger partial charge is 0.497 e. The van der Waals surface area contributed by atoms with E-state index in [9.17, 15) is 4.79 Å². The van der Waals surface area contributed by atoms with Gasteiger partial charge in [0.05, 0.1) is 12.7 Å². The maximum Gasteiger partial charge on any atom is 0.344 e. The van der Waals surface area contributed by atoms with E-state index in [0.717, 1.165) is 16.5 Å². The van der Waals surface area contributed by atoms with Gasteiger partial charge in [-0.05, 0) is 23.8 Å². The molecule has 0 saturated carbocycles. The van der Waals surface area contributed by atoms with Crippen LogP contribution in [0.2, 0.25) is 5.02 Å². The molecule has 0 aliphatic carbocycles. The summed E-state index contributed by atoms with van der Waals surface area (Å²) in [7, 11) is 1.58. The van der Waals surface area contributed by atoms with Crippen molar-refractivity contribution in [2.45, 2.75) is 0 Å². The van der Waals surface area contributed by atoms with Gasteiger partial charge < -0.3 is 9.15 Å². The highest BCUT2D eigenvalue weighted by atomic mass is 35.5. The third-order valence-electron chi connectivity index (χ3n) is 4.32. The predicted molar refractivity (Wildman–Crippen MR) is 105 cm³/mol. The van der Waals surface area contributed by atoms with Crippen LogP contribution in [-0.4, -0.2) is 7.11 Å². The minimum Gasteiger partial charge on any atom is -0.497 e. The summed E-state index contributed by atoms with van der Waals surface area (Å²) in [6.45, 7) is 0. The van der Waals surface area contributed by atoms with E-state index in [-0.39, 0.29) is 0 Å². The lowest BCUT2D eigenvalue weighted by molar-refractivity contribution is 0.414. The summed E-state index contributed by atoms with van der Waals surface area (Å²) in [4.78, 5) is 12.9. The SMILES string of the molecule is COc1ccc2c(-c3ccccc3)c(-c3ccccc3Cl)c(=O)oc2c1. The molecule has 4 aromatic rings. The zero-order valence-electron chi connectivity index (χ0n) is 14.0. The summed E-state index contributed by atoms with van der Waals surface area (Å²) in [5.74, 6) is 0.630. The summed E-state index contributed by atoms with van der Waals surface area (Å²) in [5.41, 5.74) is 2.87. The van der Waals surface area contributed by atoms with E-state index in [0.29, 0.717) is 27.5 Å². The van der Waals surface area contributed by atoms with Crippen LogP contribution >= 0.6 is 11.6 Å². The van der Waals surface area contributed by atoms with Crippen molar-refractivity contribution in [3.8, 4) is 28.0 Å². The van der Waals surface area contributed by atoms with Crippen molar-refractivity contribution in [2.24, 2.45) is 0 Å². The van der Waals surface area contributed by atoms with Crippen LogP contribution in [0.15, 0.2) is 82.0 Å². The fourth-order valence-electron chi connectivity index (χ4n) is 3.12. The first-order valence-corrected chi connectivity index (χ1v) is 8.52. The Kier molecular flexibility index (Phi) is 4.23. The molecule has 0 aliphatic heterocycles. The van der Waals surface area contributed by atoms with Gasteiger partial charge >= 0.3 is 5.63 Å². The molecule has 26 heavy (non-hydrogen) atoms. The Morgan fingerprint density at radius 3 is 2.35 bits per heavy atom. The molecule has 0 atom stereocenters. The van der Waals surface area contributed by atoms with Gasteiger partial charge in [-0.3, -0.25) is 0 Å². The third-order valence-corrected chi connectivity index (χ3v) is 4.65. The molecule has 128 valence electrons. The second kappa shape index (κ2) is 6.70. The van der Waals surface area contributed by atoms with Crippen molar-refractivity contribution < 1.29 is 9.15 Å². The Morgan fingerprint density at radius 1 is 0.885 bits per heavy atom. The molecule has 0 fully saturated rings. The molecule has 0 spiro atoms. The van der Waals surface area contributed by atoms with E-state index in [1.165, 1.54) is 0 Å². The zero-order chi connectivity index (χ0) is 18.1. The number of benzene rings is 3. The smallest absolute Gasteiger partial charge is 0.344 e. The van der Waals surface area contributed by atoms with Crippen molar-refractivity contribution in [1.29, 1.82) is 0 Å². The highest BCUT2D eigenvalue weighted by Gasteiger charge is 2.20. The molecule has 0 radical (unpaired) electrons. The van der Waals surface area contributed by atoms with E-state index in [2.05, 4.69) is 0 Å². The molecule has 1 heterocycles. The molecule has 0 aliphatic rings. The van der Waals surface area contributed by atoms with E-state index >= 15 is 0 Å². The Labute approximate surface area is 155 Å². The van der Waals surface area contributed by atoms with Gasteiger partial charge in [0.25, 0.3) is 0 Å². The molecule has 4 heteroatoms. The van der Waals surface area contributed by atoms with Gasteiger partial charge in [-0.15, -0.1) is 0 Å². The van der Waals surface area contributed by atoms with E-state index in [4.69, 9.17) is 20.8 Å². The van der Waals surface area contributed by atoms with Crippen LogP contribution in [-0.2, 0) is 0 Å². The van der Waals surface area contributed by atoms with Crippen LogP contribution in [0.4, 0.5) is 0 Å². The molecule has 3 nitrogen and oxygen atoms in total. The lowest BCUT2D eigenvalue weighted by Gasteiger charge is -2.13. The topological polar surface area (TPSA) is 39.4 Å². The number of rotatable bonds is 3. The molecular formula is C22H15ClO3. The van der Waals surface area contributed by atoms with Gasteiger partial charge in [0.1, 0.15) is 11.3 Å². The lowest BCUT2D eigenvalue weighted by Crippen LogP contribution is -2.06. The normalized spacial score (nSPS) is 10.8. The number of ether oxygens (including phenoxy) is 1. The van der Waals surface area contributed by atoms with Crippen LogP contribution in [0.25, 0.3) is 33.2 Å². The standard InChI is InChI=1S/C22H15ClO3/c1-25-15-11-12-17-19(13-15)26-22(24)21(16-9-5-6-10-18(16)23)20(17)14-7-3-2-4-8-14/h2-13H,1H3. The highest BCUT2D eigenvalue weighted by molar-refractivity contribution is 6.33. The molecular weight excluding hydrogens is 348 g/mol. The zero-order valence-corrected chi connectivity index (χ0v) is 14.8. The Hall–Kier alpha value is -3.04. The van der Waals surface area contributed by atoms with Crippen molar-refractivity contribution in [2.75, 3.05) is 7.11 Å². The van der Waals surface area contributed by atoms with E-state index < -0.39 is 5.63 Å². The van der Waals surface area contributed by atoms with Crippen molar-refractivity contribution in [1.82, 2.24) is 0 Å². The van der Waals surface area contributed by atoms with Gasteiger partial charge in [-0.1, -0.05) is 60.1 Å². The maximum atomic E-state index is 12.9. The maximum absolute atomic E-state index is 12.9. The van der Waals surface area contributed by atoms with E-state index in [1.54, 1.807) is 19.2 Å². The fraction of sp³-hybridized carbons (Fsp3) is 0.0455. The van der Waals surface area contributed by atoms with Crippen molar-refractivity contribution in [3.63, 3.8) is 0 Å². The van der Waals surface area contributed by atoms with Gasteiger partial charge in [-0.2, -0.15) is 0 Å². The molecule has 0 amide bonds. The number of hydrogen-bond donors (Lipinski definition) is 0. The van der Waals surface area contributed by atoms with Gasteiger partial charge in [0.15, 0.2) is 0 Å². The number of hydrogen-bond acceptors (Lipinski definition) is 3. The van der Waals surface area contributed by atoms with E-state index in [1.807, 2.05) is 60.7 Å². The second-order valence-corrected chi connectivity index (χ2v) is 6.25. The molecule has 0 saturated heterocycles. The molecule has 3 aromatic carbocycles. The summed E-state index contributed by atoms with van der Waals surface area (Å²) in [5, 5.41) is 1.33. The van der Waals surface area contributed by atoms with Gasteiger partial charge in [-0.25, -0.2) is 4.79 Å². The number of fused-ring (bicyclic) bond motifs is 1. The van der Waals surface area contributed by atoms with Gasteiger partial charge in [0, 0.05) is 27.6 Å². The summed E-state index contributed by atoms with van der Waals surface area (Å²) < 4.78 is 10.9. The minimum atomic E-state index is -0.433. The molecule has 0 bridgehead atoms. The monoisotopic (exact) mass is 362 g/mol. The molecule has 1 aromatic heterocycles. The van der Waals surface area contributed by atoms with Crippen LogP contribution in [0.3, 0.4) is 0 Å². The minimum absolute atomic E-state index is 0.433. The molecule has 0 unspecified atom stereocenters. The first kappa shape index (κ1) is 16.4. The third kappa shape index (κ3) is 2.76. The summed E-state index contributed by atoms with van der Waals surface area (Å²) in [6.07, 6.45) is 0. The van der Waals surface area contributed by atoms with Gasteiger partial charge in [0.2, 0.25) is 0 Å². The quantitative estimate of drug-likeness (QED) is 0.433. The average Bonchev–Trinajstić information content (AvgIpc) is 2.68. The average molecular weight is 363 g/mol. The summed E-state index contributed by atoms with van der Waals surface area (Å²) in [6, 6.07) is 22.5. The van der Waals surface area contributed by atoms with Crippen LogP contribution in [0, 0.1) is 0 Å². The first-order chi connectivity index (χ1) is 12.7. The second-order valence-electron chi connectivity index (χ2n) is 5.85. The summed E-state index contributed by atoms with van der Waals surface area (Å²) >= 11 is 6.39. The Balaban J connectivity index is 2.16. The predicted octanol–water partition coefficient (Wildman–Crippen LogP) is 5.79. The fourth-order valence-corrected chi connectivity index (χ4v) is 3.35. The van der Waals surface area contributed by atoms with Crippen LogP contribution in [0.1, 0.15) is 0 Å². The Bertz CT molecular complexity index is 1150. The van der Waals surface area contributed by atoms with Crippen LogP contribution < -0.4 is 10.4 Å². The van der Waals surface area contributed by atoms with Crippen molar-refractivity contribution >= 4 is 22.6 Å². The lowest BCUT2D eigenvalue weighted by atomic mass is 9.93. The molecule has 4 rings (SSSR count). The van der Waals surface area contributed by atoms with Crippen LogP contribution in [0.5, 0.6) is 5.75 Å².